The Kier molecular flexibility index (Phi) is 1.89. The Labute approximate surface area is 85.3 Å². The van der Waals surface area contributed by atoms with E-state index in [2.05, 4.69) is 4.98 Å². The third-order valence-electron chi connectivity index (χ3n) is 2.15. The van der Waals surface area contributed by atoms with Crippen LogP contribution >= 0.6 is 11.3 Å². The van der Waals surface area contributed by atoms with E-state index in [1.54, 1.807) is 11.3 Å². The molecule has 1 saturated heterocycles. The molecule has 0 saturated carbocycles. The van der Waals surface area contributed by atoms with Gasteiger partial charge < -0.3 is 9.47 Å². The first-order chi connectivity index (χ1) is 6.93. The number of nitrogens with zero attached hydrogens (tertiary/aromatic N) is 1. The molecule has 14 heavy (non-hydrogen) atoms. The summed E-state index contributed by atoms with van der Waals surface area (Å²) in [6, 6.07) is 5.93. The fourth-order valence-corrected chi connectivity index (χ4v) is 2.08. The second-order valence-electron chi connectivity index (χ2n) is 3.22. The summed E-state index contributed by atoms with van der Waals surface area (Å²) in [6.45, 7) is 1.48. The van der Waals surface area contributed by atoms with Crippen molar-refractivity contribution in [3.63, 3.8) is 0 Å². The van der Waals surface area contributed by atoms with E-state index in [0.29, 0.717) is 12.7 Å². The van der Waals surface area contributed by atoms with Crippen molar-refractivity contribution in [1.82, 2.24) is 4.98 Å². The van der Waals surface area contributed by atoms with Crippen LogP contribution in [0.15, 0.2) is 23.7 Å². The van der Waals surface area contributed by atoms with Crippen LogP contribution < -0.4 is 4.74 Å². The first kappa shape index (κ1) is 8.20. The van der Waals surface area contributed by atoms with Crippen LogP contribution in [0.4, 0.5) is 0 Å². The van der Waals surface area contributed by atoms with Gasteiger partial charge in [0, 0.05) is 0 Å². The van der Waals surface area contributed by atoms with Crippen LogP contribution in [0, 0.1) is 0 Å². The summed E-state index contributed by atoms with van der Waals surface area (Å²) >= 11 is 1.61. The van der Waals surface area contributed by atoms with Crippen molar-refractivity contribution in [2.75, 3.05) is 13.2 Å². The summed E-state index contributed by atoms with van der Waals surface area (Å²) in [5.41, 5.74) is 2.84. The van der Waals surface area contributed by atoms with Gasteiger partial charge in [0.1, 0.15) is 18.5 Å². The molecule has 0 bridgehead atoms. The molecule has 1 aliphatic rings. The number of aromatic nitrogens is 1. The number of hydrogen-bond acceptors (Lipinski definition) is 4. The average molecular weight is 207 g/mol. The molecule has 1 aliphatic heterocycles. The topological polar surface area (TPSA) is 34.6 Å². The first-order valence-corrected chi connectivity index (χ1v) is 5.38. The van der Waals surface area contributed by atoms with Crippen LogP contribution in [-0.4, -0.2) is 24.3 Å². The van der Waals surface area contributed by atoms with Crippen LogP contribution in [0.1, 0.15) is 0 Å². The molecule has 2 aromatic rings. The maximum atomic E-state index is 5.65. The van der Waals surface area contributed by atoms with Crippen LogP contribution in [0.2, 0.25) is 0 Å². The molecule has 0 spiro atoms. The fourth-order valence-electron chi connectivity index (χ4n) is 1.32. The number of ether oxygens (including phenoxy) is 2. The number of fused-ring (bicyclic) bond motifs is 1. The molecule has 1 fully saturated rings. The summed E-state index contributed by atoms with van der Waals surface area (Å²) < 4.78 is 11.9. The van der Waals surface area contributed by atoms with Crippen LogP contribution in [0.25, 0.3) is 10.2 Å². The van der Waals surface area contributed by atoms with Gasteiger partial charge in [0.05, 0.1) is 22.3 Å². The van der Waals surface area contributed by atoms with Gasteiger partial charge in [0.25, 0.3) is 0 Å². The van der Waals surface area contributed by atoms with Crippen LogP contribution in [0.3, 0.4) is 0 Å². The van der Waals surface area contributed by atoms with Crippen molar-refractivity contribution in [3.8, 4) is 5.75 Å². The zero-order chi connectivity index (χ0) is 9.38. The maximum Gasteiger partial charge on any atom is 0.138 e. The molecular weight excluding hydrogens is 198 g/mol. The molecule has 4 heteroatoms. The van der Waals surface area contributed by atoms with Gasteiger partial charge >= 0.3 is 0 Å². The second kappa shape index (κ2) is 3.22. The minimum absolute atomic E-state index is 0.304. The number of rotatable bonds is 3. The van der Waals surface area contributed by atoms with Crippen molar-refractivity contribution in [1.29, 1.82) is 0 Å². The van der Waals surface area contributed by atoms with Crippen molar-refractivity contribution >= 4 is 21.6 Å². The highest BCUT2D eigenvalue weighted by Gasteiger charge is 2.23. The highest BCUT2D eigenvalue weighted by molar-refractivity contribution is 7.17. The van der Waals surface area contributed by atoms with Gasteiger partial charge in [-0.05, 0) is 12.1 Å². The number of hydrogen-bond donors (Lipinski definition) is 0. The lowest BCUT2D eigenvalue weighted by Gasteiger charge is -2.03. The molecule has 72 valence electrons. The summed E-state index contributed by atoms with van der Waals surface area (Å²) in [7, 11) is 0. The molecule has 1 aromatic carbocycles. The van der Waals surface area contributed by atoms with Crippen molar-refractivity contribution in [3.05, 3.63) is 23.7 Å². The molecule has 3 rings (SSSR count). The predicted octanol–water partition coefficient (Wildman–Crippen LogP) is 2.07. The lowest BCUT2D eigenvalue weighted by atomic mass is 10.3. The van der Waals surface area contributed by atoms with Gasteiger partial charge in [-0.1, -0.05) is 6.07 Å². The van der Waals surface area contributed by atoms with Crippen molar-refractivity contribution in [2.24, 2.45) is 0 Å². The Bertz CT molecular complexity index is 450. The summed E-state index contributed by atoms with van der Waals surface area (Å²) in [5.74, 6) is 0.917. The van der Waals surface area contributed by atoms with Gasteiger partial charge in [-0.25, -0.2) is 4.98 Å². The quantitative estimate of drug-likeness (QED) is 0.723. The maximum absolute atomic E-state index is 5.65. The molecule has 0 aliphatic carbocycles. The third-order valence-corrected chi connectivity index (χ3v) is 3.00. The third kappa shape index (κ3) is 1.47. The van der Waals surface area contributed by atoms with Crippen molar-refractivity contribution in [2.45, 2.75) is 6.10 Å². The molecule has 0 N–H and O–H groups in total. The zero-order valence-corrected chi connectivity index (χ0v) is 8.29. The summed E-state index contributed by atoms with van der Waals surface area (Å²) in [5, 5.41) is 0. The van der Waals surface area contributed by atoms with E-state index in [4.69, 9.17) is 9.47 Å². The van der Waals surface area contributed by atoms with E-state index in [1.807, 2.05) is 23.7 Å². The lowest BCUT2D eigenvalue weighted by Crippen LogP contribution is -2.03. The standard InChI is InChI=1S/C10H9NO2S/c1-2-8-10(14-6-11-8)9(3-1)13-5-7-4-12-7/h1-3,6-7H,4-5H2/t7-/m0/s1. The largest absolute Gasteiger partial charge is 0.489 e. The predicted molar refractivity (Wildman–Crippen MR) is 54.9 cm³/mol. The van der Waals surface area contributed by atoms with Gasteiger partial charge in [0.2, 0.25) is 0 Å². The Morgan fingerprint density at radius 2 is 2.50 bits per heavy atom. The molecule has 0 unspecified atom stereocenters. The molecule has 0 amide bonds. The molecule has 0 radical (unpaired) electrons. The molecule has 2 heterocycles. The van der Waals surface area contributed by atoms with E-state index in [1.165, 1.54) is 0 Å². The number of thiazole rings is 1. The van der Waals surface area contributed by atoms with E-state index >= 15 is 0 Å². The SMILES string of the molecule is c1cc(OC[C@@H]2CO2)c2scnc2c1. The second-order valence-corrected chi connectivity index (χ2v) is 4.08. The monoisotopic (exact) mass is 207 g/mol. The highest BCUT2D eigenvalue weighted by Crippen LogP contribution is 2.29. The summed E-state index contributed by atoms with van der Waals surface area (Å²) in [4.78, 5) is 4.23. The zero-order valence-electron chi connectivity index (χ0n) is 7.47. The van der Waals surface area contributed by atoms with Gasteiger partial charge in [0.15, 0.2) is 0 Å². The molecule has 1 aromatic heterocycles. The van der Waals surface area contributed by atoms with E-state index in [0.717, 1.165) is 22.6 Å². The number of epoxide rings is 1. The molecule has 1 atom stereocenters. The molecule has 3 nitrogen and oxygen atoms in total. The van der Waals surface area contributed by atoms with Crippen LogP contribution in [0.5, 0.6) is 5.75 Å². The number of benzene rings is 1. The summed E-state index contributed by atoms with van der Waals surface area (Å²) in [6.07, 6.45) is 0.304. The van der Waals surface area contributed by atoms with E-state index in [-0.39, 0.29) is 0 Å². The minimum Gasteiger partial charge on any atom is -0.489 e. The fraction of sp³-hybridized carbons (Fsp3) is 0.300. The van der Waals surface area contributed by atoms with E-state index < -0.39 is 0 Å². The normalized spacial score (nSPS) is 19.9. The lowest BCUT2D eigenvalue weighted by molar-refractivity contribution is 0.265. The Morgan fingerprint density at radius 3 is 3.36 bits per heavy atom. The van der Waals surface area contributed by atoms with Gasteiger partial charge in [-0.3, -0.25) is 0 Å². The van der Waals surface area contributed by atoms with Gasteiger partial charge in [-0.2, -0.15) is 0 Å². The van der Waals surface area contributed by atoms with Crippen molar-refractivity contribution < 1.29 is 9.47 Å². The van der Waals surface area contributed by atoms with E-state index in [9.17, 15) is 0 Å². The Morgan fingerprint density at radius 1 is 1.57 bits per heavy atom. The smallest absolute Gasteiger partial charge is 0.138 e. The van der Waals surface area contributed by atoms with Gasteiger partial charge in [-0.15, -0.1) is 11.3 Å². The minimum atomic E-state index is 0.304. The Hall–Kier alpha value is -1.13. The molecular formula is C10H9NO2S. The Balaban J connectivity index is 1.89. The van der Waals surface area contributed by atoms with Crippen LogP contribution in [-0.2, 0) is 4.74 Å². The highest BCUT2D eigenvalue weighted by atomic mass is 32.1. The average Bonchev–Trinajstić information content (AvgIpc) is 2.91. The first-order valence-electron chi connectivity index (χ1n) is 4.50.